The molecule has 7 heteroatoms. The number of amides is 2. The summed E-state index contributed by atoms with van der Waals surface area (Å²) in [6, 6.07) is 0.242. The molecule has 0 spiro atoms. The van der Waals surface area contributed by atoms with E-state index in [1.807, 2.05) is 18.7 Å². The summed E-state index contributed by atoms with van der Waals surface area (Å²) in [6.07, 6.45) is 9.44. The van der Waals surface area contributed by atoms with Crippen LogP contribution in [-0.4, -0.2) is 59.5 Å². The van der Waals surface area contributed by atoms with Crippen molar-refractivity contribution in [2.75, 3.05) is 27.2 Å². The Hall–Kier alpha value is -1.89. The number of carbonyl (C=O) groups is 2. The molecule has 1 aliphatic heterocycles. The van der Waals surface area contributed by atoms with Crippen LogP contribution in [0.25, 0.3) is 0 Å². The molecule has 2 N–H and O–H groups in total. The van der Waals surface area contributed by atoms with Gasteiger partial charge in [0, 0.05) is 19.1 Å². The highest BCUT2D eigenvalue weighted by molar-refractivity contribution is 5.97. The van der Waals surface area contributed by atoms with Gasteiger partial charge in [0.1, 0.15) is 5.69 Å². The molecule has 3 rings (SSSR count). The number of nitrogens with one attached hydrogen (secondary N) is 2. The van der Waals surface area contributed by atoms with E-state index in [-0.39, 0.29) is 17.9 Å². The van der Waals surface area contributed by atoms with E-state index in [1.54, 1.807) is 0 Å². The van der Waals surface area contributed by atoms with E-state index in [0.717, 1.165) is 57.3 Å². The normalized spacial score (nSPS) is 17.6. The lowest BCUT2D eigenvalue weighted by Crippen LogP contribution is -2.37. The Morgan fingerprint density at radius 1 is 1.11 bits per heavy atom. The molecule has 0 atom stereocenters. The predicted molar refractivity (Wildman–Crippen MR) is 105 cm³/mol. The Kier molecular flexibility index (Phi) is 6.88. The standard InChI is InChI=1S/C20H33N5O2/c1-24(2)13-8-12-21-19(26)17-16-11-6-7-14-25(16)18(23-17)20(27)22-15-9-4-3-5-10-15/h15H,3-14H2,1-2H3,(H,21,26)(H,22,27). The summed E-state index contributed by atoms with van der Waals surface area (Å²) in [7, 11) is 4.04. The Balaban J connectivity index is 1.69. The number of hydrogen-bond acceptors (Lipinski definition) is 4. The van der Waals surface area contributed by atoms with E-state index in [1.165, 1.54) is 19.3 Å². The van der Waals surface area contributed by atoms with Gasteiger partial charge in [-0.1, -0.05) is 19.3 Å². The minimum Gasteiger partial charge on any atom is -0.351 e. The SMILES string of the molecule is CN(C)CCCNC(=O)c1nc(C(=O)NC2CCCCC2)n2c1CCCC2. The highest BCUT2D eigenvalue weighted by Crippen LogP contribution is 2.22. The predicted octanol–water partition coefficient (Wildman–Crippen LogP) is 1.96. The molecule has 0 saturated heterocycles. The quantitative estimate of drug-likeness (QED) is 0.714. The molecular formula is C20H33N5O2. The number of fused-ring (bicyclic) bond motifs is 1. The molecule has 0 bridgehead atoms. The van der Waals surface area contributed by atoms with Gasteiger partial charge < -0.3 is 20.1 Å². The van der Waals surface area contributed by atoms with E-state index < -0.39 is 0 Å². The molecule has 2 aliphatic rings. The monoisotopic (exact) mass is 375 g/mol. The average Bonchev–Trinajstić information content (AvgIpc) is 3.06. The fourth-order valence-corrected chi connectivity index (χ4v) is 4.08. The first-order chi connectivity index (χ1) is 13.1. The first-order valence-corrected chi connectivity index (χ1v) is 10.4. The largest absolute Gasteiger partial charge is 0.351 e. The van der Waals surface area contributed by atoms with Crippen LogP contribution in [-0.2, 0) is 13.0 Å². The molecule has 1 aromatic rings. The van der Waals surface area contributed by atoms with E-state index in [4.69, 9.17) is 0 Å². The number of nitrogens with zero attached hydrogens (tertiary/aromatic N) is 3. The summed E-state index contributed by atoms with van der Waals surface area (Å²) < 4.78 is 1.97. The van der Waals surface area contributed by atoms with Crippen LogP contribution in [0.3, 0.4) is 0 Å². The van der Waals surface area contributed by atoms with Crippen LogP contribution in [0.4, 0.5) is 0 Å². The highest BCUT2D eigenvalue weighted by Gasteiger charge is 2.28. The maximum atomic E-state index is 12.8. The van der Waals surface area contributed by atoms with E-state index in [0.29, 0.717) is 18.1 Å². The van der Waals surface area contributed by atoms with Crippen molar-refractivity contribution in [3.63, 3.8) is 0 Å². The fourth-order valence-electron chi connectivity index (χ4n) is 4.08. The summed E-state index contributed by atoms with van der Waals surface area (Å²) in [4.78, 5) is 32.1. The van der Waals surface area contributed by atoms with Gasteiger partial charge in [-0.25, -0.2) is 4.98 Å². The van der Waals surface area contributed by atoms with Gasteiger partial charge in [0.15, 0.2) is 5.82 Å². The van der Waals surface area contributed by atoms with Crippen molar-refractivity contribution >= 4 is 11.8 Å². The van der Waals surface area contributed by atoms with Gasteiger partial charge in [0.2, 0.25) is 0 Å². The fraction of sp³-hybridized carbons (Fsp3) is 0.750. The first kappa shape index (κ1) is 19.9. The van der Waals surface area contributed by atoms with Gasteiger partial charge in [-0.2, -0.15) is 0 Å². The summed E-state index contributed by atoms with van der Waals surface area (Å²) in [5.41, 5.74) is 1.36. The van der Waals surface area contributed by atoms with Gasteiger partial charge in [-0.05, 0) is 59.2 Å². The van der Waals surface area contributed by atoms with Crippen molar-refractivity contribution < 1.29 is 9.59 Å². The highest BCUT2D eigenvalue weighted by atomic mass is 16.2. The lowest BCUT2D eigenvalue weighted by atomic mass is 9.95. The smallest absolute Gasteiger partial charge is 0.287 e. The van der Waals surface area contributed by atoms with Crippen molar-refractivity contribution in [3.05, 3.63) is 17.2 Å². The molecule has 1 aromatic heterocycles. The van der Waals surface area contributed by atoms with E-state index in [9.17, 15) is 9.59 Å². The average molecular weight is 376 g/mol. The molecule has 150 valence electrons. The van der Waals surface area contributed by atoms with Crippen molar-refractivity contribution in [2.24, 2.45) is 0 Å². The molecule has 2 amide bonds. The van der Waals surface area contributed by atoms with Crippen molar-refractivity contribution in [3.8, 4) is 0 Å². The molecule has 1 aliphatic carbocycles. The van der Waals surface area contributed by atoms with E-state index >= 15 is 0 Å². The molecular weight excluding hydrogens is 342 g/mol. The minimum absolute atomic E-state index is 0.128. The van der Waals surface area contributed by atoms with Crippen LogP contribution < -0.4 is 10.6 Å². The Morgan fingerprint density at radius 2 is 1.89 bits per heavy atom. The maximum Gasteiger partial charge on any atom is 0.287 e. The second kappa shape index (κ2) is 9.35. The lowest BCUT2D eigenvalue weighted by Gasteiger charge is -2.23. The third-order valence-corrected chi connectivity index (χ3v) is 5.54. The van der Waals surface area contributed by atoms with Crippen LogP contribution in [0.5, 0.6) is 0 Å². The number of carbonyl (C=O) groups excluding carboxylic acids is 2. The molecule has 0 unspecified atom stereocenters. The van der Waals surface area contributed by atoms with Crippen LogP contribution in [0.15, 0.2) is 0 Å². The number of hydrogen-bond donors (Lipinski definition) is 2. The Labute approximate surface area is 161 Å². The van der Waals surface area contributed by atoms with Gasteiger partial charge in [-0.3, -0.25) is 9.59 Å². The number of imidazole rings is 1. The zero-order chi connectivity index (χ0) is 19.2. The van der Waals surface area contributed by atoms with E-state index in [2.05, 4.69) is 20.5 Å². The van der Waals surface area contributed by atoms with Gasteiger partial charge in [-0.15, -0.1) is 0 Å². The van der Waals surface area contributed by atoms with Gasteiger partial charge in [0.05, 0.1) is 5.69 Å². The molecule has 2 heterocycles. The lowest BCUT2D eigenvalue weighted by molar-refractivity contribution is 0.0911. The van der Waals surface area contributed by atoms with Crippen LogP contribution in [0.2, 0.25) is 0 Å². The topological polar surface area (TPSA) is 79.3 Å². The molecule has 0 radical (unpaired) electrons. The third-order valence-electron chi connectivity index (χ3n) is 5.54. The van der Waals surface area contributed by atoms with Gasteiger partial charge >= 0.3 is 0 Å². The Bertz CT molecular complexity index is 662. The molecule has 1 fully saturated rings. The summed E-state index contributed by atoms with van der Waals surface area (Å²) in [5, 5.41) is 6.11. The third kappa shape index (κ3) is 5.09. The second-order valence-electron chi connectivity index (χ2n) is 8.06. The first-order valence-electron chi connectivity index (χ1n) is 10.4. The van der Waals surface area contributed by atoms with Crippen molar-refractivity contribution in [2.45, 2.75) is 70.4 Å². The molecule has 1 saturated carbocycles. The minimum atomic E-state index is -0.156. The second-order valence-corrected chi connectivity index (χ2v) is 8.06. The number of aromatic nitrogens is 2. The molecule has 7 nitrogen and oxygen atoms in total. The van der Waals surface area contributed by atoms with Crippen LogP contribution >= 0.6 is 0 Å². The van der Waals surface area contributed by atoms with Gasteiger partial charge in [0.25, 0.3) is 11.8 Å². The van der Waals surface area contributed by atoms with Crippen LogP contribution in [0, 0.1) is 0 Å². The summed E-state index contributed by atoms with van der Waals surface area (Å²) in [6.45, 7) is 2.31. The zero-order valence-electron chi connectivity index (χ0n) is 16.7. The number of rotatable bonds is 7. The summed E-state index contributed by atoms with van der Waals surface area (Å²) in [5.74, 6) is 0.126. The Morgan fingerprint density at radius 3 is 2.63 bits per heavy atom. The van der Waals surface area contributed by atoms with Crippen LogP contribution in [0.1, 0.15) is 78.2 Å². The zero-order valence-corrected chi connectivity index (χ0v) is 16.7. The van der Waals surface area contributed by atoms with Crippen molar-refractivity contribution in [1.82, 2.24) is 25.1 Å². The molecule has 27 heavy (non-hydrogen) atoms. The van der Waals surface area contributed by atoms with Crippen molar-refractivity contribution in [1.29, 1.82) is 0 Å². The maximum absolute atomic E-state index is 12.8. The molecule has 0 aromatic carbocycles. The summed E-state index contributed by atoms with van der Waals surface area (Å²) >= 11 is 0.